The number of carbonyl (C=O) groups is 1. The summed E-state index contributed by atoms with van der Waals surface area (Å²) in [5, 5.41) is 7.93. The van der Waals surface area contributed by atoms with Crippen LogP contribution in [0, 0.1) is 0 Å². The van der Waals surface area contributed by atoms with Gasteiger partial charge in [-0.05, 0) is 30.4 Å². The fraction of sp³-hybridized carbons (Fsp3) is 0.545. The van der Waals surface area contributed by atoms with E-state index in [9.17, 15) is 4.79 Å². The summed E-state index contributed by atoms with van der Waals surface area (Å²) < 4.78 is 0. The highest BCUT2D eigenvalue weighted by Gasteiger charge is 2.10. The van der Waals surface area contributed by atoms with Crippen molar-refractivity contribution in [1.82, 2.24) is 10.6 Å². The Balaban J connectivity index is 2.46. The summed E-state index contributed by atoms with van der Waals surface area (Å²) in [7, 11) is 1.66. The maximum absolute atomic E-state index is 11.3. The lowest BCUT2D eigenvalue weighted by Gasteiger charge is -2.11. The molecule has 0 aromatic carbocycles. The van der Waals surface area contributed by atoms with Crippen LogP contribution < -0.4 is 10.6 Å². The Labute approximate surface area is 94.9 Å². The second-order valence-electron chi connectivity index (χ2n) is 3.44. The minimum absolute atomic E-state index is 0.0320. The van der Waals surface area contributed by atoms with Crippen LogP contribution in [0.1, 0.15) is 24.3 Å². The van der Waals surface area contributed by atoms with Crippen LogP contribution in [0.5, 0.6) is 0 Å². The van der Waals surface area contributed by atoms with Crippen LogP contribution >= 0.6 is 11.3 Å². The molecule has 1 unspecified atom stereocenters. The average molecular weight is 226 g/mol. The molecule has 0 aliphatic carbocycles. The Kier molecular flexibility index (Phi) is 4.78. The minimum Gasteiger partial charge on any atom is -0.358 e. The number of hydrogen-bond acceptors (Lipinski definition) is 3. The van der Waals surface area contributed by atoms with E-state index in [1.165, 1.54) is 10.4 Å². The average Bonchev–Trinajstić information content (AvgIpc) is 2.71. The van der Waals surface area contributed by atoms with Gasteiger partial charge in [-0.15, -0.1) is 11.3 Å². The summed E-state index contributed by atoms with van der Waals surface area (Å²) in [4.78, 5) is 12.6. The Hall–Kier alpha value is -0.870. The first-order valence-corrected chi connectivity index (χ1v) is 6.07. The topological polar surface area (TPSA) is 41.1 Å². The molecule has 84 valence electrons. The highest BCUT2D eigenvalue weighted by molar-refractivity contribution is 7.10. The van der Waals surface area contributed by atoms with E-state index in [0.717, 1.165) is 13.0 Å². The molecule has 0 aliphatic heterocycles. The minimum atomic E-state index is -0.137. The molecule has 0 saturated carbocycles. The number of aryl methyl sites for hydroxylation is 1. The second-order valence-corrected chi connectivity index (χ2v) is 4.44. The van der Waals surface area contributed by atoms with Gasteiger partial charge in [0.25, 0.3) is 0 Å². The van der Waals surface area contributed by atoms with Gasteiger partial charge in [-0.1, -0.05) is 6.92 Å². The molecule has 1 atom stereocenters. The molecule has 0 radical (unpaired) electrons. The van der Waals surface area contributed by atoms with Gasteiger partial charge >= 0.3 is 0 Å². The predicted molar refractivity (Wildman–Crippen MR) is 64.1 cm³/mol. The number of likely N-dealkylation sites (N-methyl/N-ethyl adjacent to an activating group) is 1. The Morgan fingerprint density at radius 2 is 2.33 bits per heavy atom. The van der Waals surface area contributed by atoms with Gasteiger partial charge in [0.15, 0.2) is 0 Å². The Morgan fingerprint density at radius 1 is 1.60 bits per heavy atom. The largest absolute Gasteiger partial charge is 0.358 e. The SMILES string of the molecule is CCc1ccsc1CNC(C)C(=O)NC. The Morgan fingerprint density at radius 3 is 2.93 bits per heavy atom. The third-order valence-electron chi connectivity index (χ3n) is 2.43. The number of rotatable bonds is 5. The molecule has 0 aliphatic rings. The van der Waals surface area contributed by atoms with E-state index in [-0.39, 0.29) is 11.9 Å². The molecule has 0 fully saturated rings. The zero-order valence-electron chi connectivity index (χ0n) is 9.46. The first-order chi connectivity index (χ1) is 7.19. The molecular weight excluding hydrogens is 208 g/mol. The van der Waals surface area contributed by atoms with Crippen LogP contribution in [0.25, 0.3) is 0 Å². The summed E-state index contributed by atoms with van der Waals surface area (Å²) in [5.74, 6) is 0.0320. The number of carbonyl (C=O) groups excluding carboxylic acids is 1. The maximum Gasteiger partial charge on any atom is 0.236 e. The van der Waals surface area contributed by atoms with Crippen LogP contribution in [0.4, 0.5) is 0 Å². The fourth-order valence-corrected chi connectivity index (χ4v) is 2.32. The van der Waals surface area contributed by atoms with Gasteiger partial charge in [-0.2, -0.15) is 0 Å². The summed E-state index contributed by atoms with van der Waals surface area (Å²) in [6.45, 7) is 4.79. The molecule has 1 rings (SSSR count). The summed E-state index contributed by atoms with van der Waals surface area (Å²) in [5.41, 5.74) is 1.37. The molecule has 0 spiro atoms. The molecule has 1 heterocycles. The standard InChI is InChI=1S/C11H18N2OS/c1-4-9-5-6-15-10(9)7-13-8(2)11(14)12-3/h5-6,8,13H,4,7H2,1-3H3,(H,12,14). The van der Waals surface area contributed by atoms with Crippen molar-refractivity contribution in [3.05, 3.63) is 21.9 Å². The van der Waals surface area contributed by atoms with E-state index in [1.807, 2.05) is 6.92 Å². The molecule has 1 amide bonds. The van der Waals surface area contributed by atoms with Crippen molar-refractivity contribution >= 4 is 17.2 Å². The summed E-state index contributed by atoms with van der Waals surface area (Å²) in [6, 6.07) is 2.01. The lowest BCUT2D eigenvalue weighted by Crippen LogP contribution is -2.40. The zero-order chi connectivity index (χ0) is 11.3. The molecule has 0 saturated heterocycles. The molecular formula is C11H18N2OS. The van der Waals surface area contributed by atoms with Crippen LogP contribution in [-0.2, 0) is 17.8 Å². The fourth-order valence-electron chi connectivity index (χ4n) is 1.39. The number of amides is 1. The van der Waals surface area contributed by atoms with Crippen molar-refractivity contribution in [2.45, 2.75) is 32.9 Å². The van der Waals surface area contributed by atoms with E-state index in [0.29, 0.717) is 0 Å². The van der Waals surface area contributed by atoms with Gasteiger partial charge in [0, 0.05) is 18.5 Å². The van der Waals surface area contributed by atoms with E-state index in [4.69, 9.17) is 0 Å². The van der Waals surface area contributed by atoms with E-state index >= 15 is 0 Å². The van der Waals surface area contributed by atoms with Crippen LogP contribution in [0.2, 0.25) is 0 Å². The third kappa shape index (κ3) is 3.32. The molecule has 0 bridgehead atoms. The smallest absolute Gasteiger partial charge is 0.236 e. The first kappa shape index (κ1) is 12.2. The first-order valence-electron chi connectivity index (χ1n) is 5.19. The van der Waals surface area contributed by atoms with Crippen LogP contribution in [0.15, 0.2) is 11.4 Å². The number of hydrogen-bond donors (Lipinski definition) is 2. The molecule has 15 heavy (non-hydrogen) atoms. The van der Waals surface area contributed by atoms with Gasteiger partial charge in [-0.3, -0.25) is 4.79 Å². The van der Waals surface area contributed by atoms with E-state index in [2.05, 4.69) is 29.0 Å². The second kappa shape index (κ2) is 5.88. The molecule has 1 aromatic heterocycles. The summed E-state index contributed by atoms with van der Waals surface area (Å²) >= 11 is 1.74. The zero-order valence-corrected chi connectivity index (χ0v) is 10.3. The number of thiophene rings is 1. The van der Waals surface area contributed by atoms with Crippen molar-refractivity contribution in [3.63, 3.8) is 0 Å². The van der Waals surface area contributed by atoms with Gasteiger partial charge < -0.3 is 10.6 Å². The lowest BCUT2D eigenvalue weighted by atomic mass is 10.2. The van der Waals surface area contributed by atoms with Crippen molar-refractivity contribution in [2.75, 3.05) is 7.05 Å². The summed E-state index contributed by atoms with van der Waals surface area (Å²) in [6.07, 6.45) is 1.05. The van der Waals surface area contributed by atoms with Crippen molar-refractivity contribution in [3.8, 4) is 0 Å². The monoisotopic (exact) mass is 226 g/mol. The molecule has 2 N–H and O–H groups in total. The highest BCUT2D eigenvalue weighted by Crippen LogP contribution is 2.16. The van der Waals surface area contributed by atoms with Crippen molar-refractivity contribution in [1.29, 1.82) is 0 Å². The van der Waals surface area contributed by atoms with Gasteiger partial charge in [0.1, 0.15) is 0 Å². The molecule has 3 nitrogen and oxygen atoms in total. The van der Waals surface area contributed by atoms with E-state index < -0.39 is 0 Å². The lowest BCUT2D eigenvalue weighted by molar-refractivity contribution is -0.122. The van der Waals surface area contributed by atoms with Gasteiger partial charge in [-0.25, -0.2) is 0 Å². The van der Waals surface area contributed by atoms with Crippen LogP contribution in [-0.4, -0.2) is 19.0 Å². The predicted octanol–water partition coefficient (Wildman–Crippen LogP) is 1.53. The molecule has 1 aromatic rings. The quantitative estimate of drug-likeness (QED) is 0.799. The van der Waals surface area contributed by atoms with Crippen molar-refractivity contribution < 1.29 is 4.79 Å². The maximum atomic E-state index is 11.3. The Bertz CT molecular complexity index is 322. The normalized spacial score (nSPS) is 12.5. The highest BCUT2D eigenvalue weighted by atomic mass is 32.1. The van der Waals surface area contributed by atoms with E-state index in [1.54, 1.807) is 18.4 Å². The van der Waals surface area contributed by atoms with Gasteiger partial charge in [0.2, 0.25) is 5.91 Å². The van der Waals surface area contributed by atoms with Gasteiger partial charge in [0.05, 0.1) is 6.04 Å². The van der Waals surface area contributed by atoms with Crippen molar-refractivity contribution in [2.24, 2.45) is 0 Å². The molecule has 4 heteroatoms. The number of nitrogens with one attached hydrogen (secondary N) is 2. The van der Waals surface area contributed by atoms with Crippen LogP contribution in [0.3, 0.4) is 0 Å². The third-order valence-corrected chi connectivity index (χ3v) is 3.39.